The number of sulfonamides is 1. The third kappa shape index (κ3) is 2.59. The summed E-state index contributed by atoms with van der Waals surface area (Å²) in [4.78, 5) is 0.0530. The fraction of sp³-hybridized carbons (Fsp3) is 0.0714. The van der Waals surface area contributed by atoms with Crippen molar-refractivity contribution in [2.45, 2.75) is 11.8 Å². The molecule has 0 radical (unpaired) electrons. The first-order valence-electron chi connectivity index (χ1n) is 6.18. The molecule has 7 heteroatoms. The Balaban J connectivity index is 1.98. The van der Waals surface area contributed by atoms with Gasteiger partial charge in [-0.25, -0.2) is 17.3 Å². The lowest BCUT2D eigenvalue weighted by atomic mass is 10.2. The highest BCUT2D eigenvalue weighted by Crippen LogP contribution is 2.20. The summed E-state index contributed by atoms with van der Waals surface area (Å²) in [6.45, 7) is 1.55. The van der Waals surface area contributed by atoms with Gasteiger partial charge in [0.05, 0.1) is 16.1 Å². The van der Waals surface area contributed by atoms with Crippen LogP contribution in [-0.2, 0) is 10.0 Å². The third-order valence-corrected chi connectivity index (χ3v) is 4.62. The van der Waals surface area contributed by atoms with Crippen LogP contribution in [0, 0.1) is 12.7 Å². The number of hydrogen-bond donors (Lipinski definition) is 1. The molecular weight excluding hydrogens is 293 g/mol. The number of fused-ring (bicyclic) bond motifs is 1. The van der Waals surface area contributed by atoms with Gasteiger partial charge in [0.1, 0.15) is 5.82 Å². The molecule has 0 bridgehead atoms. The van der Waals surface area contributed by atoms with E-state index in [1.54, 1.807) is 42.0 Å². The van der Waals surface area contributed by atoms with Crippen molar-refractivity contribution in [3.05, 3.63) is 60.2 Å². The third-order valence-electron chi connectivity index (χ3n) is 3.08. The highest BCUT2D eigenvalue weighted by Gasteiger charge is 2.17. The molecule has 0 fully saturated rings. The Bertz CT molecular complexity index is 919. The fourth-order valence-electron chi connectivity index (χ4n) is 2.11. The Hall–Kier alpha value is -2.41. The number of aryl methyl sites for hydroxylation is 1. The lowest BCUT2D eigenvalue weighted by Crippen LogP contribution is -2.14. The highest BCUT2D eigenvalue weighted by atomic mass is 32.2. The molecular formula is C14H12FN3O2S. The van der Waals surface area contributed by atoms with Crippen LogP contribution in [0.2, 0.25) is 0 Å². The number of benzene rings is 1. The minimum atomic E-state index is -3.76. The van der Waals surface area contributed by atoms with Crippen LogP contribution in [0.3, 0.4) is 0 Å². The number of halogens is 1. The van der Waals surface area contributed by atoms with Crippen molar-refractivity contribution >= 4 is 21.2 Å². The molecule has 0 saturated carbocycles. The molecule has 0 aliphatic heterocycles. The van der Waals surface area contributed by atoms with Crippen molar-refractivity contribution in [2.24, 2.45) is 0 Å². The summed E-state index contributed by atoms with van der Waals surface area (Å²) < 4.78 is 41.9. The summed E-state index contributed by atoms with van der Waals surface area (Å²) >= 11 is 0. The number of anilines is 1. The standard InChI is InChI=1S/C14H12FN3O2S/c1-10-8-11(15)2-3-14(10)21(19,20)17-12-5-7-18-13(9-12)4-6-16-18/h2-9,17H,1H3. The maximum atomic E-state index is 13.1. The Morgan fingerprint density at radius 1 is 1.19 bits per heavy atom. The van der Waals surface area contributed by atoms with Crippen LogP contribution >= 0.6 is 0 Å². The van der Waals surface area contributed by atoms with Gasteiger partial charge in [-0.15, -0.1) is 0 Å². The van der Waals surface area contributed by atoms with Crippen molar-refractivity contribution < 1.29 is 12.8 Å². The van der Waals surface area contributed by atoms with E-state index >= 15 is 0 Å². The van der Waals surface area contributed by atoms with E-state index in [0.29, 0.717) is 11.3 Å². The van der Waals surface area contributed by atoms with Crippen LogP contribution in [0.4, 0.5) is 10.1 Å². The van der Waals surface area contributed by atoms with Gasteiger partial charge in [0.25, 0.3) is 10.0 Å². The zero-order valence-electron chi connectivity index (χ0n) is 11.1. The van der Waals surface area contributed by atoms with Crippen molar-refractivity contribution in [2.75, 3.05) is 4.72 Å². The number of aromatic nitrogens is 2. The van der Waals surface area contributed by atoms with Crippen molar-refractivity contribution in [1.29, 1.82) is 0 Å². The van der Waals surface area contributed by atoms with E-state index in [1.165, 1.54) is 12.1 Å². The zero-order valence-corrected chi connectivity index (χ0v) is 11.9. The second-order valence-corrected chi connectivity index (χ2v) is 6.28. The molecule has 0 unspecified atom stereocenters. The van der Waals surface area contributed by atoms with Crippen molar-refractivity contribution in [1.82, 2.24) is 9.61 Å². The maximum absolute atomic E-state index is 13.1. The first kappa shape index (κ1) is 13.6. The number of hydrogen-bond acceptors (Lipinski definition) is 3. The van der Waals surface area contributed by atoms with Crippen LogP contribution in [0.25, 0.3) is 5.52 Å². The summed E-state index contributed by atoms with van der Waals surface area (Å²) in [5, 5.41) is 4.04. The molecule has 21 heavy (non-hydrogen) atoms. The molecule has 3 aromatic rings. The van der Waals surface area contributed by atoms with E-state index in [0.717, 1.165) is 11.6 Å². The van der Waals surface area contributed by atoms with E-state index in [4.69, 9.17) is 0 Å². The molecule has 3 rings (SSSR count). The van der Waals surface area contributed by atoms with Crippen molar-refractivity contribution in [3.63, 3.8) is 0 Å². The van der Waals surface area contributed by atoms with Gasteiger partial charge in [0.15, 0.2) is 0 Å². The lowest BCUT2D eigenvalue weighted by molar-refractivity contribution is 0.598. The Kier molecular flexibility index (Phi) is 3.13. The van der Waals surface area contributed by atoms with E-state index in [-0.39, 0.29) is 4.90 Å². The van der Waals surface area contributed by atoms with Gasteiger partial charge in [-0.05, 0) is 48.9 Å². The summed E-state index contributed by atoms with van der Waals surface area (Å²) in [7, 11) is -3.76. The summed E-state index contributed by atoms with van der Waals surface area (Å²) in [6, 6.07) is 8.61. The molecule has 1 aromatic carbocycles. The monoisotopic (exact) mass is 305 g/mol. The Labute approximate surface area is 121 Å². The van der Waals surface area contributed by atoms with E-state index in [1.807, 2.05) is 0 Å². The molecule has 0 spiro atoms. The predicted octanol–water partition coefficient (Wildman–Crippen LogP) is 2.58. The minimum Gasteiger partial charge on any atom is -0.279 e. The number of rotatable bonds is 3. The van der Waals surface area contributed by atoms with Gasteiger partial charge in [-0.1, -0.05) is 0 Å². The van der Waals surface area contributed by atoms with Crippen LogP contribution in [0.5, 0.6) is 0 Å². The van der Waals surface area contributed by atoms with Gasteiger partial charge in [-0.3, -0.25) is 4.72 Å². The smallest absolute Gasteiger partial charge is 0.262 e. The minimum absolute atomic E-state index is 0.0530. The normalized spacial score (nSPS) is 11.7. The van der Waals surface area contributed by atoms with Gasteiger partial charge in [0, 0.05) is 12.4 Å². The van der Waals surface area contributed by atoms with Gasteiger partial charge in [0.2, 0.25) is 0 Å². The summed E-state index contributed by atoms with van der Waals surface area (Å²) in [5.41, 5.74) is 1.55. The molecule has 2 aromatic heterocycles. The molecule has 0 atom stereocenters. The molecule has 0 saturated heterocycles. The van der Waals surface area contributed by atoms with E-state index < -0.39 is 15.8 Å². The SMILES string of the molecule is Cc1cc(F)ccc1S(=O)(=O)Nc1ccn2nccc2c1. The maximum Gasteiger partial charge on any atom is 0.262 e. The van der Waals surface area contributed by atoms with Crippen LogP contribution < -0.4 is 4.72 Å². The second kappa shape index (κ2) is 4.85. The summed E-state index contributed by atoms with van der Waals surface area (Å²) in [5.74, 6) is -0.466. The number of nitrogens with one attached hydrogen (secondary N) is 1. The summed E-state index contributed by atoms with van der Waals surface area (Å²) in [6.07, 6.45) is 3.28. The van der Waals surface area contributed by atoms with E-state index in [9.17, 15) is 12.8 Å². The van der Waals surface area contributed by atoms with Gasteiger partial charge in [-0.2, -0.15) is 5.10 Å². The molecule has 0 aliphatic carbocycles. The first-order valence-corrected chi connectivity index (χ1v) is 7.66. The molecule has 2 heterocycles. The number of pyridine rings is 1. The number of nitrogens with zero attached hydrogens (tertiary/aromatic N) is 2. The Morgan fingerprint density at radius 3 is 2.76 bits per heavy atom. The van der Waals surface area contributed by atoms with Gasteiger partial charge < -0.3 is 0 Å². The second-order valence-electron chi connectivity index (χ2n) is 4.63. The molecule has 5 nitrogen and oxygen atoms in total. The quantitative estimate of drug-likeness (QED) is 0.809. The van der Waals surface area contributed by atoms with Crippen molar-refractivity contribution in [3.8, 4) is 0 Å². The molecule has 1 N–H and O–H groups in total. The Morgan fingerprint density at radius 2 is 2.00 bits per heavy atom. The highest BCUT2D eigenvalue weighted by molar-refractivity contribution is 7.92. The molecule has 0 aliphatic rings. The zero-order chi connectivity index (χ0) is 15.0. The molecule has 0 amide bonds. The van der Waals surface area contributed by atoms with Gasteiger partial charge >= 0.3 is 0 Å². The fourth-order valence-corrected chi connectivity index (χ4v) is 3.39. The van der Waals surface area contributed by atoms with E-state index in [2.05, 4.69) is 9.82 Å². The first-order chi connectivity index (χ1) is 9.95. The predicted molar refractivity (Wildman–Crippen MR) is 77.1 cm³/mol. The topological polar surface area (TPSA) is 63.5 Å². The average Bonchev–Trinajstić information content (AvgIpc) is 2.85. The average molecular weight is 305 g/mol. The molecule has 108 valence electrons. The largest absolute Gasteiger partial charge is 0.279 e. The van der Waals surface area contributed by atoms with Crippen LogP contribution in [0.15, 0.2) is 53.7 Å². The lowest BCUT2D eigenvalue weighted by Gasteiger charge is -2.10. The van der Waals surface area contributed by atoms with Crippen LogP contribution in [0.1, 0.15) is 5.56 Å². The van der Waals surface area contributed by atoms with Crippen LogP contribution in [-0.4, -0.2) is 18.0 Å².